The molecule has 0 saturated heterocycles. The number of nitrogens with one attached hydrogen (secondary N) is 1. The van der Waals surface area contributed by atoms with Crippen LogP contribution in [0.25, 0.3) is 0 Å². The molecule has 70 valence electrons. The first-order chi connectivity index (χ1) is 6.20. The van der Waals surface area contributed by atoms with Gasteiger partial charge < -0.3 is 10.1 Å². The Morgan fingerprint density at radius 3 is 3.15 bits per heavy atom. The van der Waals surface area contributed by atoms with Crippen LogP contribution in [-0.4, -0.2) is 13.2 Å². The van der Waals surface area contributed by atoms with E-state index in [-0.39, 0.29) is 0 Å². The van der Waals surface area contributed by atoms with E-state index in [2.05, 4.69) is 21.2 Å². The number of hydrogen-bond acceptors (Lipinski definition) is 2. The summed E-state index contributed by atoms with van der Waals surface area (Å²) in [7, 11) is 0. The van der Waals surface area contributed by atoms with Crippen LogP contribution >= 0.6 is 27.5 Å². The van der Waals surface area contributed by atoms with Crippen molar-refractivity contribution in [3.8, 4) is 5.75 Å². The van der Waals surface area contributed by atoms with Crippen molar-refractivity contribution in [2.45, 2.75) is 6.92 Å². The van der Waals surface area contributed by atoms with Gasteiger partial charge in [-0.2, -0.15) is 0 Å². The highest BCUT2D eigenvalue weighted by Gasteiger charge is 2.16. The molecule has 2 nitrogen and oxygen atoms in total. The van der Waals surface area contributed by atoms with Gasteiger partial charge in [-0.1, -0.05) is 11.6 Å². The zero-order valence-electron chi connectivity index (χ0n) is 7.16. The Morgan fingerprint density at radius 2 is 2.38 bits per heavy atom. The molecule has 4 heteroatoms. The van der Waals surface area contributed by atoms with Crippen LogP contribution in [0.5, 0.6) is 5.75 Å². The SMILES string of the molecule is Cc1c(Br)c(Cl)cc2c1OCCN2. The van der Waals surface area contributed by atoms with E-state index in [1.54, 1.807) is 0 Å². The fourth-order valence-electron chi connectivity index (χ4n) is 1.39. The maximum Gasteiger partial charge on any atom is 0.146 e. The number of ether oxygens (including phenoxy) is 1. The third kappa shape index (κ3) is 1.51. The van der Waals surface area contributed by atoms with Gasteiger partial charge in [-0.25, -0.2) is 0 Å². The van der Waals surface area contributed by atoms with Crippen LogP contribution in [0.4, 0.5) is 5.69 Å². The zero-order chi connectivity index (χ0) is 9.42. The summed E-state index contributed by atoms with van der Waals surface area (Å²) in [6, 6.07) is 1.88. The van der Waals surface area contributed by atoms with E-state index in [0.29, 0.717) is 11.6 Å². The average molecular weight is 263 g/mol. The Hall–Kier alpha value is -0.410. The molecule has 0 aliphatic carbocycles. The Morgan fingerprint density at radius 1 is 1.62 bits per heavy atom. The van der Waals surface area contributed by atoms with E-state index in [9.17, 15) is 0 Å². The van der Waals surface area contributed by atoms with Gasteiger partial charge >= 0.3 is 0 Å². The molecule has 1 aromatic rings. The van der Waals surface area contributed by atoms with E-state index in [1.165, 1.54) is 0 Å². The molecule has 0 saturated carbocycles. The zero-order valence-corrected chi connectivity index (χ0v) is 9.50. The first kappa shape index (κ1) is 9.16. The lowest BCUT2D eigenvalue weighted by atomic mass is 10.2. The van der Waals surface area contributed by atoms with Crippen molar-refractivity contribution in [2.24, 2.45) is 0 Å². The van der Waals surface area contributed by atoms with Crippen molar-refractivity contribution in [3.05, 3.63) is 21.1 Å². The Labute approximate surface area is 90.4 Å². The second kappa shape index (κ2) is 3.39. The van der Waals surface area contributed by atoms with Crippen LogP contribution in [0.3, 0.4) is 0 Å². The van der Waals surface area contributed by atoms with Crippen LogP contribution in [0, 0.1) is 6.92 Å². The molecule has 1 aliphatic heterocycles. The summed E-state index contributed by atoms with van der Waals surface area (Å²) in [6.07, 6.45) is 0. The van der Waals surface area contributed by atoms with Gasteiger partial charge in [0.2, 0.25) is 0 Å². The summed E-state index contributed by atoms with van der Waals surface area (Å²) >= 11 is 9.43. The molecule has 0 unspecified atom stereocenters. The minimum absolute atomic E-state index is 0.710. The van der Waals surface area contributed by atoms with Crippen LogP contribution in [-0.2, 0) is 0 Å². The highest BCUT2D eigenvalue weighted by Crippen LogP contribution is 2.40. The van der Waals surface area contributed by atoms with Gasteiger partial charge in [-0.05, 0) is 28.9 Å². The second-order valence-corrected chi connectivity index (χ2v) is 4.15. The van der Waals surface area contributed by atoms with Crippen molar-refractivity contribution in [1.29, 1.82) is 0 Å². The third-order valence-corrected chi connectivity index (χ3v) is 3.61. The normalized spacial score (nSPS) is 14.4. The molecule has 1 N–H and O–H groups in total. The summed E-state index contributed by atoms with van der Waals surface area (Å²) in [5.74, 6) is 0.905. The van der Waals surface area contributed by atoms with Crippen molar-refractivity contribution in [2.75, 3.05) is 18.5 Å². The predicted molar refractivity (Wildman–Crippen MR) is 57.9 cm³/mol. The highest BCUT2D eigenvalue weighted by atomic mass is 79.9. The fourth-order valence-corrected chi connectivity index (χ4v) is 1.94. The van der Waals surface area contributed by atoms with Crippen molar-refractivity contribution >= 4 is 33.2 Å². The van der Waals surface area contributed by atoms with Gasteiger partial charge in [0.25, 0.3) is 0 Å². The Kier molecular flexibility index (Phi) is 2.39. The van der Waals surface area contributed by atoms with E-state index >= 15 is 0 Å². The van der Waals surface area contributed by atoms with Gasteiger partial charge in [-0.15, -0.1) is 0 Å². The van der Waals surface area contributed by atoms with Crippen LogP contribution < -0.4 is 10.1 Å². The molecular weight excluding hydrogens is 253 g/mol. The summed E-state index contributed by atoms with van der Waals surface area (Å²) in [5.41, 5.74) is 2.03. The van der Waals surface area contributed by atoms with Gasteiger partial charge in [0, 0.05) is 16.6 Å². The molecule has 0 bridgehead atoms. The number of hydrogen-bond donors (Lipinski definition) is 1. The summed E-state index contributed by atoms with van der Waals surface area (Å²) in [4.78, 5) is 0. The fraction of sp³-hybridized carbons (Fsp3) is 0.333. The Balaban J connectivity index is 2.60. The molecule has 0 amide bonds. The molecule has 1 aliphatic rings. The van der Waals surface area contributed by atoms with E-state index in [4.69, 9.17) is 16.3 Å². The van der Waals surface area contributed by atoms with Crippen molar-refractivity contribution < 1.29 is 4.74 Å². The molecule has 1 aromatic carbocycles. The number of anilines is 1. The van der Waals surface area contributed by atoms with Crippen LogP contribution in [0.2, 0.25) is 5.02 Å². The monoisotopic (exact) mass is 261 g/mol. The van der Waals surface area contributed by atoms with E-state index in [1.807, 2.05) is 13.0 Å². The first-order valence-corrected chi connectivity index (χ1v) is 5.22. The van der Waals surface area contributed by atoms with E-state index in [0.717, 1.165) is 28.0 Å². The molecule has 0 atom stereocenters. The van der Waals surface area contributed by atoms with Gasteiger partial charge in [0.15, 0.2) is 0 Å². The van der Waals surface area contributed by atoms with Crippen LogP contribution in [0.1, 0.15) is 5.56 Å². The van der Waals surface area contributed by atoms with Gasteiger partial charge in [0.05, 0.1) is 10.7 Å². The lowest BCUT2D eigenvalue weighted by Gasteiger charge is -2.22. The molecule has 0 radical (unpaired) electrons. The van der Waals surface area contributed by atoms with Crippen molar-refractivity contribution in [3.63, 3.8) is 0 Å². The summed E-state index contributed by atoms with van der Waals surface area (Å²) < 4.78 is 6.45. The maximum absolute atomic E-state index is 6.01. The molecule has 0 aromatic heterocycles. The summed E-state index contributed by atoms with van der Waals surface area (Å²) in [6.45, 7) is 3.54. The van der Waals surface area contributed by atoms with Crippen molar-refractivity contribution in [1.82, 2.24) is 0 Å². The molecule has 2 rings (SSSR count). The topological polar surface area (TPSA) is 21.3 Å². The third-order valence-electron chi connectivity index (χ3n) is 2.06. The average Bonchev–Trinajstić information content (AvgIpc) is 2.15. The number of halogens is 2. The second-order valence-electron chi connectivity index (χ2n) is 2.95. The lowest BCUT2D eigenvalue weighted by Crippen LogP contribution is -2.18. The molecular formula is C9H9BrClNO. The van der Waals surface area contributed by atoms with E-state index < -0.39 is 0 Å². The highest BCUT2D eigenvalue weighted by molar-refractivity contribution is 9.10. The summed E-state index contributed by atoms with van der Waals surface area (Å²) in [5, 5.41) is 3.96. The minimum atomic E-state index is 0.710. The largest absolute Gasteiger partial charge is 0.489 e. The smallest absolute Gasteiger partial charge is 0.146 e. The Bertz CT molecular complexity index is 354. The first-order valence-electron chi connectivity index (χ1n) is 4.05. The van der Waals surface area contributed by atoms with Gasteiger partial charge in [-0.3, -0.25) is 0 Å². The predicted octanol–water partition coefficient (Wildman–Crippen LogP) is 3.22. The maximum atomic E-state index is 6.01. The quantitative estimate of drug-likeness (QED) is 0.775. The molecule has 0 fully saturated rings. The molecule has 0 spiro atoms. The number of rotatable bonds is 0. The number of fused-ring (bicyclic) bond motifs is 1. The molecule has 13 heavy (non-hydrogen) atoms. The standard InChI is InChI=1S/C9H9BrClNO/c1-5-8(10)6(11)4-7-9(5)13-3-2-12-7/h4,12H,2-3H2,1H3. The number of benzene rings is 1. The van der Waals surface area contributed by atoms with Gasteiger partial charge in [0.1, 0.15) is 12.4 Å². The lowest BCUT2D eigenvalue weighted by molar-refractivity contribution is 0.321. The molecule has 1 heterocycles. The van der Waals surface area contributed by atoms with Crippen LogP contribution in [0.15, 0.2) is 10.5 Å². The minimum Gasteiger partial charge on any atom is -0.489 e.